The van der Waals surface area contributed by atoms with Crippen LogP contribution in [0, 0.1) is 45.8 Å². The number of nitrogens with two attached hydrogens (primary N) is 1. The Balaban J connectivity index is 1.55. The lowest BCUT2D eigenvalue weighted by Crippen LogP contribution is -2.69. The average molecular weight is 526 g/mol. The lowest BCUT2D eigenvalue weighted by molar-refractivity contribution is -0.223. The van der Waals surface area contributed by atoms with E-state index in [1.54, 1.807) is 0 Å². The van der Waals surface area contributed by atoms with E-state index in [2.05, 4.69) is 31.0 Å². The van der Waals surface area contributed by atoms with Crippen LogP contribution in [0.25, 0.3) is 0 Å². The molecule has 4 fully saturated rings. The lowest BCUT2D eigenvalue weighted by Gasteiger charge is -2.68. The van der Waals surface area contributed by atoms with Crippen molar-refractivity contribution in [2.75, 3.05) is 5.75 Å². The molecule has 5 aliphatic rings. The third-order valence-electron chi connectivity index (χ3n) is 12.0. The fourth-order valence-corrected chi connectivity index (χ4v) is 10.7. The highest BCUT2D eigenvalue weighted by Gasteiger charge is 2.76. The summed E-state index contributed by atoms with van der Waals surface area (Å²) in [5.41, 5.74) is 4.48. The van der Waals surface area contributed by atoms with E-state index in [0.717, 1.165) is 25.5 Å². The summed E-state index contributed by atoms with van der Waals surface area (Å²) in [6.45, 7) is 6.60. The number of carbonyl (C=O) groups is 1. The van der Waals surface area contributed by atoms with Crippen LogP contribution in [0.1, 0.15) is 78.6 Å². The number of rotatable bonds is 7. The van der Waals surface area contributed by atoms with Crippen molar-refractivity contribution >= 4 is 16.4 Å². The van der Waals surface area contributed by atoms with Crippen molar-refractivity contribution in [3.8, 4) is 0 Å². The maximum Gasteiger partial charge on any atom is 0.264 e. The Hall–Kier alpha value is -0.940. The maximum absolute atomic E-state index is 11.8. The molecule has 5 N–H and O–H groups in total. The van der Waals surface area contributed by atoms with Gasteiger partial charge in [0.1, 0.15) is 6.29 Å². The first-order valence-electron chi connectivity index (χ1n) is 13.7. The van der Waals surface area contributed by atoms with Gasteiger partial charge in [0.25, 0.3) is 10.1 Å². The summed E-state index contributed by atoms with van der Waals surface area (Å²) < 4.78 is 33.3. The van der Waals surface area contributed by atoms with Crippen LogP contribution in [0.15, 0.2) is 10.2 Å². The molecule has 0 radical (unpaired) electrons. The molecule has 9 nitrogen and oxygen atoms in total. The first-order chi connectivity index (χ1) is 16.7. The molecule has 36 heavy (non-hydrogen) atoms. The SMILES string of the molecule is C[C@H](CCC=O)[C@H]1CC[C@H]2[C@H]3[C@H](CC(O)[C@]12C)[C@@]1(C)CC(N)C(O)CC1(CCS(=O)(=O)O)CC31N=N1. The van der Waals surface area contributed by atoms with Crippen molar-refractivity contribution in [3.63, 3.8) is 0 Å². The highest BCUT2D eigenvalue weighted by molar-refractivity contribution is 7.85. The van der Waals surface area contributed by atoms with Crippen LogP contribution in [-0.4, -0.2) is 59.1 Å². The Morgan fingerprint density at radius 1 is 1.14 bits per heavy atom. The van der Waals surface area contributed by atoms with Crippen molar-refractivity contribution in [3.05, 3.63) is 0 Å². The molecule has 4 unspecified atom stereocenters. The molecule has 0 aromatic carbocycles. The summed E-state index contributed by atoms with van der Waals surface area (Å²) in [6, 6.07) is -0.429. The fourth-order valence-electron chi connectivity index (χ4n) is 10.1. The van der Waals surface area contributed by atoms with Crippen LogP contribution < -0.4 is 5.73 Å². The van der Waals surface area contributed by atoms with Crippen molar-refractivity contribution in [2.45, 2.75) is 102 Å². The quantitative estimate of drug-likeness (QED) is 0.293. The number of aldehydes is 1. The molecule has 5 rings (SSSR count). The lowest BCUT2D eigenvalue weighted by atomic mass is 9.36. The number of hydrogen-bond donors (Lipinski definition) is 4. The van der Waals surface area contributed by atoms with Gasteiger partial charge in [-0.25, -0.2) is 0 Å². The molecule has 1 aliphatic heterocycles. The highest BCUT2D eigenvalue weighted by atomic mass is 32.2. The van der Waals surface area contributed by atoms with Gasteiger partial charge < -0.3 is 20.7 Å². The molecule has 0 aromatic heterocycles. The number of aliphatic hydroxyl groups is 2. The summed E-state index contributed by atoms with van der Waals surface area (Å²) in [5.74, 6) is 0.622. The Morgan fingerprint density at radius 2 is 1.83 bits per heavy atom. The number of fused-ring (bicyclic) bond motifs is 6. The van der Waals surface area contributed by atoms with E-state index in [9.17, 15) is 28.0 Å². The van der Waals surface area contributed by atoms with E-state index in [0.29, 0.717) is 43.9 Å². The van der Waals surface area contributed by atoms with Gasteiger partial charge in [0, 0.05) is 24.8 Å². The van der Waals surface area contributed by atoms with Crippen LogP contribution >= 0.6 is 0 Å². The standard InChI is InChI=1S/C26H43N3O6S/c1-15(5-4-9-30)16-6-7-17-22-18(11-21(32)24(16,17)3)23(2)12-19(27)20(31)13-25(23,8-10-36(33,34)35)14-26(22)28-29-26/h9,15-22,31-32H,4-8,10-14,27H2,1-3H3,(H,33,34,35)/t15-,16-,17+,18+,19?,20?,21?,22+,23-,24-,25?/m1/s1. The maximum atomic E-state index is 11.8. The molecule has 204 valence electrons. The fraction of sp³-hybridized carbons (Fsp3) is 0.962. The number of nitrogens with zero attached hydrogens (tertiary/aromatic N) is 2. The molecule has 0 saturated heterocycles. The van der Waals surface area contributed by atoms with E-state index >= 15 is 0 Å². The van der Waals surface area contributed by atoms with E-state index in [-0.39, 0.29) is 35.3 Å². The second kappa shape index (κ2) is 8.53. The zero-order chi connectivity index (χ0) is 26.3. The molecule has 0 bridgehead atoms. The third kappa shape index (κ3) is 3.76. The summed E-state index contributed by atoms with van der Waals surface area (Å²) in [4.78, 5) is 11.0. The minimum atomic E-state index is -4.19. The zero-order valence-corrected chi connectivity index (χ0v) is 22.5. The van der Waals surface area contributed by atoms with E-state index in [4.69, 9.17) is 5.73 Å². The second-order valence-electron chi connectivity index (χ2n) is 13.4. The van der Waals surface area contributed by atoms with Crippen molar-refractivity contribution in [2.24, 2.45) is 61.8 Å². The zero-order valence-electron chi connectivity index (χ0n) is 21.7. The van der Waals surface area contributed by atoms with Crippen molar-refractivity contribution < 1.29 is 28.0 Å². The normalized spacial score (nSPS) is 49.7. The van der Waals surface area contributed by atoms with Gasteiger partial charge >= 0.3 is 0 Å². The Kier molecular flexibility index (Phi) is 6.32. The van der Waals surface area contributed by atoms with E-state index in [1.165, 1.54) is 0 Å². The van der Waals surface area contributed by atoms with Gasteiger partial charge in [-0.05, 0) is 84.9 Å². The first-order valence-corrected chi connectivity index (χ1v) is 15.3. The molecular weight excluding hydrogens is 482 g/mol. The predicted octanol–water partition coefficient (Wildman–Crippen LogP) is 2.95. The Morgan fingerprint density at radius 3 is 2.44 bits per heavy atom. The van der Waals surface area contributed by atoms with Crippen molar-refractivity contribution in [1.82, 2.24) is 0 Å². The summed E-state index contributed by atoms with van der Waals surface area (Å²) >= 11 is 0. The van der Waals surface area contributed by atoms with Gasteiger partial charge in [-0.15, -0.1) is 0 Å². The van der Waals surface area contributed by atoms with Crippen LogP contribution in [0.2, 0.25) is 0 Å². The number of aliphatic hydroxyl groups excluding tert-OH is 2. The third-order valence-corrected chi connectivity index (χ3v) is 12.7. The van der Waals surface area contributed by atoms with Gasteiger partial charge in [-0.3, -0.25) is 4.55 Å². The predicted molar refractivity (Wildman–Crippen MR) is 133 cm³/mol. The molecular formula is C26H43N3O6S. The molecule has 4 aliphatic carbocycles. The largest absolute Gasteiger partial charge is 0.393 e. The molecule has 4 saturated carbocycles. The van der Waals surface area contributed by atoms with Crippen LogP contribution in [0.5, 0.6) is 0 Å². The second-order valence-corrected chi connectivity index (χ2v) is 15.0. The van der Waals surface area contributed by atoms with Gasteiger partial charge in [-0.1, -0.05) is 20.8 Å². The average Bonchev–Trinajstić information content (AvgIpc) is 3.46. The summed E-state index contributed by atoms with van der Waals surface area (Å²) in [5, 5.41) is 32.0. The van der Waals surface area contributed by atoms with Gasteiger partial charge in [0.2, 0.25) is 0 Å². The van der Waals surface area contributed by atoms with Crippen LogP contribution in [-0.2, 0) is 14.9 Å². The van der Waals surface area contributed by atoms with Crippen LogP contribution in [0.3, 0.4) is 0 Å². The Labute approximate surface area is 214 Å². The minimum Gasteiger partial charge on any atom is -0.393 e. The molecule has 11 atom stereocenters. The smallest absolute Gasteiger partial charge is 0.264 e. The van der Waals surface area contributed by atoms with E-state index < -0.39 is 44.9 Å². The summed E-state index contributed by atoms with van der Waals surface area (Å²) in [7, 11) is -4.19. The van der Waals surface area contributed by atoms with Crippen LogP contribution in [0.4, 0.5) is 0 Å². The molecule has 0 amide bonds. The van der Waals surface area contributed by atoms with Gasteiger partial charge in [-0.2, -0.15) is 18.6 Å². The molecule has 1 heterocycles. The van der Waals surface area contributed by atoms with Gasteiger partial charge in [0.05, 0.1) is 18.0 Å². The minimum absolute atomic E-state index is 0.0262. The number of hydrogen-bond acceptors (Lipinski definition) is 8. The number of carbonyl (C=O) groups excluding carboxylic acids is 1. The Bertz CT molecular complexity index is 1030. The van der Waals surface area contributed by atoms with Crippen molar-refractivity contribution in [1.29, 1.82) is 0 Å². The molecule has 1 spiro atoms. The summed E-state index contributed by atoms with van der Waals surface area (Å²) in [6.07, 6.45) is 5.20. The van der Waals surface area contributed by atoms with E-state index in [1.807, 2.05) is 0 Å². The highest BCUT2D eigenvalue weighted by Crippen LogP contribution is 2.76. The first kappa shape index (κ1) is 26.7. The molecule has 10 heteroatoms. The topological polar surface area (TPSA) is 163 Å². The molecule has 0 aromatic rings. The monoisotopic (exact) mass is 525 g/mol. The van der Waals surface area contributed by atoms with Gasteiger partial charge in [0.15, 0.2) is 5.66 Å².